The Balaban J connectivity index is 1.97. The number of ketones is 1. The molecule has 0 radical (unpaired) electrons. The van der Waals surface area contributed by atoms with Crippen molar-refractivity contribution in [3.8, 4) is 5.75 Å². The number of fused-ring (bicyclic) bond motifs is 1. The highest BCUT2D eigenvalue weighted by Gasteiger charge is 2.45. The molecule has 3 rings (SSSR count). The van der Waals surface area contributed by atoms with E-state index in [2.05, 4.69) is 5.32 Å². The van der Waals surface area contributed by atoms with Gasteiger partial charge in [0.1, 0.15) is 10.8 Å². The van der Waals surface area contributed by atoms with Gasteiger partial charge in [0.15, 0.2) is 12.4 Å². The predicted octanol–water partition coefficient (Wildman–Crippen LogP) is 4.11. The number of hydrogen-bond acceptors (Lipinski definition) is 4. The zero-order valence-electron chi connectivity index (χ0n) is 15.1. The average molecular weight is 422 g/mol. The number of anilines is 1. The Kier molecular flexibility index (Phi) is 5.37. The van der Waals surface area contributed by atoms with E-state index in [0.29, 0.717) is 23.2 Å². The lowest BCUT2D eigenvalue weighted by molar-refractivity contribution is -0.139. The molecule has 1 atom stereocenters. The van der Waals surface area contributed by atoms with Gasteiger partial charge in [-0.15, -0.1) is 0 Å². The first kappa shape index (κ1) is 20.2. The highest BCUT2D eigenvalue weighted by atomic mass is 35.5. The molecule has 8 heteroatoms. The van der Waals surface area contributed by atoms with Crippen LogP contribution < -0.4 is 10.1 Å². The van der Waals surface area contributed by atoms with Gasteiger partial charge in [0.2, 0.25) is 5.91 Å². The Morgan fingerprint density at radius 2 is 1.86 bits per heavy atom. The molecule has 0 fully saturated rings. The van der Waals surface area contributed by atoms with Crippen LogP contribution in [0.15, 0.2) is 30.3 Å². The first-order valence-corrected chi connectivity index (χ1v) is 9.17. The van der Waals surface area contributed by atoms with Gasteiger partial charge in [0, 0.05) is 18.2 Å². The molecule has 0 bridgehead atoms. The van der Waals surface area contributed by atoms with E-state index < -0.39 is 18.0 Å². The molecule has 0 aliphatic heterocycles. The monoisotopic (exact) mass is 421 g/mol. The highest BCUT2D eigenvalue weighted by molar-refractivity contribution is 6.45. The number of halogens is 2. The summed E-state index contributed by atoms with van der Waals surface area (Å²) < 4.78 is 5.20. The van der Waals surface area contributed by atoms with Gasteiger partial charge in [-0.3, -0.25) is 9.59 Å². The third kappa shape index (κ3) is 3.57. The minimum Gasteiger partial charge on any atom is -0.480 e. The van der Waals surface area contributed by atoms with Crippen LogP contribution in [-0.2, 0) is 21.4 Å². The fraction of sp³-hybridized carbons (Fsp3) is 0.250. The maximum absolute atomic E-state index is 13.2. The first-order valence-electron chi connectivity index (χ1n) is 8.42. The number of carbonyl (C=O) groups is 3. The number of Topliss-reactive ketones (excluding diaryl/α,β-unsaturated/α-hetero) is 1. The largest absolute Gasteiger partial charge is 0.480 e. The van der Waals surface area contributed by atoms with E-state index in [-0.39, 0.29) is 27.5 Å². The van der Waals surface area contributed by atoms with Gasteiger partial charge in [-0.2, -0.15) is 0 Å². The summed E-state index contributed by atoms with van der Waals surface area (Å²) in [5.41, 5.74) is 1.50. The van der Waals surface area contributed by atoms with Gasteiger partial charge in [0.25, 0.3) is 0 Å². The summed E-state index contributed by atoms with van der Waals surface area (Å²) in [5.74, 6) is -1.37. The van der Waals surface area contributed by atoms with Crippen LogP contribution >= 0.6 is 23.2 Å². The van der Waals surface area contributed by atoms with Gasteiger partial charge in [-0.05, 0) is 42.7 Å². The maximum atomic E-state index is 13.2. The van der Waals surface area contributed by atoms with E-state index in [0.717, 1.165) is 5.56 Å². The van der Waals surface area contributed by atoms with Gasteiger partial charge in [-0.25, -0.2) is 4.79 Å². The molecule has 146 valence electrons. The molecule has 6 nitrogen and oxygen atoms in total. The SMILES string of the molecule is CC(=O)Nc1ccc([C@]2(C)Cc3cc(OCC(=O)O)c(Cl)c(Cl)c3C2=O)cc1. The number of carbonyl (C=O) groups excluding carboxylic acids is 2. The molecule has 1 aliphatic rings. The Morgan fingerprint density at radius 1 is 1.21 bits per heavy atom. The molecule has 1 aliphatic carbocycles. The lowest BCUT2D eigenvalue weighted by Crippen LogP contribution is -2.29. The minimum atomic E-state index is -1.15. The second-order valence-electron chi connectivity index (χ2n) is 6.82. The van der Waals surface area contributed by atoms with Crippen molar-refractivity contribution in [2.24, 2.45) is 0 Å². The Hall–Kier alpha value is -2.57. The summed E-state index contributed by atoms with van der Waals surface area (Å²) in [6, 6.07) is 8.60. The van der Waals surface area contributed by atoms with Crippen molar-refractivity contribution in [1.82, 2.24) is 0 Å². The van der Waals surface area contributed by atoms with E-state index >= 15 is 0 Å². The van der Waals surface area contributed by atoms with E-state index in [1.54, 1.807) is 30.3 Å². The van der Waals surface area contributed by atoms with Crippen molar-refractivity contribution in [1.29, 1.82) is 0 Å². The van der Waals surface area contributed by atoms with Crippen LogP contribution in [0.3, 0.4) is 0 Å². The maximum Gasteiger partial charge on any atom is 0.341 e. The number of carboxylic acids is 1. The van der Waals surface area contributed by atoms with Crippen LogP contribution in [0.4, 0.5) is 5.69 Å². The lowest BCUT2D eigenvalue weighted by Gasteiger charge is -2.23. The standard InChI is InChI=1S/C20H17Cl2NO5/c1-10(24)23-13-5-3-12(4-6-13)20(2)8-11-7-14(28-9-15(25)26)17(21)18(22)16(11)19(20)27/h3-7H,8-9H2,1-2H3,(H,23,24)(H,25,26)/t20-/m0/s1. The second-order valence-corrected chi connectivity index (χ2v) is 7.57. The summed E-state index contributed by atoms with van der Waals surface area (Å²) in [5, 5.41) is 11.6. The molecule has 0 heterocycles. The number of carboxylic acid groups (broad SMARTS) is 1. The van der Waals surface area contributed by atoms with Gasteiger partial charge in [-0.1, -0.05) is 35.3 Å². The fourth-order valence-corrected chi connectivity index (χ4v) is 3.88. The highest BCUT2D eigenvalue weighted by Crippen LogP contribution is 2.47. The molecule has 2 aromatic rings. The third-order valence-corrected chi connectivity index (χ3v) is 5.57. The van der Waals surface area contributed by atoms with Crippen LogP contribution in [-0.4, -0.2) is 29.4 Å². The molecule has 0 spiro atoms. The van der Waals surface area contributed by atoms with E-state index in [4.69, 9.17) is 33.0 Å². The summed E-state index contributed by atoms with van der Waals surface area (Å²) in [7, 11) is 0. The Labute approximate surface area is 171 Å². The van der Waals surface area contributed by atoms with Crippen molar-refractivity contribution in [2.45, 2.75) is 25.7 Å². The average Bonchev–Trinajstić information content (AvgIpc) is 2.88. The van der Waals surface area contributed by atoms with Crippen LogP contribution in [0, 0.1) is 0 Å². The number of hydrogen-bond donors (Lipinski definition) is 2. The summed E-state index contributed by atoms with van der Waals surface area (Å²) >= 11 is 12.5. The summed E-state index contributed by atoms with van der Waals surface area (Å²) in [6.45, 7) is 2.66. The molecule has 2 aromatic carbocycles. The van der Waals surface area contributed by atoms with Crippen molar-refractivity contribution in [3.63, 3.8) is 0 Å². The predicted molar refractivity (Wildman–Crippen MR) is 106 cm³/mol. The van der Waals surface area contributed by atoms with Gasteiger partial charge >= 0.3 is 5.97 Å². The van der Waals surface area contributed by atoms with Gasteiger partial charge in [0.05, 0.1) is 10.4 Å². The second kappa shape index (κ2) is 7.45. The quantitative estimate of drug-likeness (QED) is 0.757. The molecule has 0 saturated heterocycles. The van der Waals surface area contributed by atoms with Crippen LogP contribution in [0.1, 0.15) is 35.3 Å². The topological polar surface area (TPSA) is 92.7 Å². The summed E-state index contributed by atoms with van der Waals surface area (Å²) in [4.78, 5) is 35.1. The van der Waals surface area contributed by atoms with Crippen LogP contribution in [0.5, 0.6) is 5.75 Å². The van der Waals surface area contributed by atoms with Crippen molar-refractivity contribution in [2.75, 3.05) is 11.9 Å². The molecule has 1 amide bonds. The van der Waals surface area contributed by atoms with Crippen molar-refractivity contribution < 1.29 is 24.2 Å². The van der Waals surface area contributed by atoms with E-state index in [1.807, 2.05) is 6.92 Å². The number of aliphatic carboxylic acids is 1. The van der Waals surface area contributed by atoms with Crippen molar-refractivity contribution in [3.05, 3.63) is 57.1 Å². The zero-order valence-corrected chi connectivity index (χ0v) is 16.6. The molecule has 2 N–H and O–H groups in total. The number of rotatable bonds is 5. The van der Waals surface area contributed by atoms with Crippen LogP contribution in [0.25, 0.3) is 0 Å². The van der Waals surface area contributed by atoms with Crippen molar-refractivity contribution >= 4 is 46.5 Å². The smallest absolute Gasteiger partial charge is 0.341 e. The molecular formula is C20H17Cl2NO5. The zero-order chi connectivity index (χ0) is 20.6. The van der Waals surface area contributed by atoms with Gasteiger partial charge < -0.3 is 15.2 Å². The third-order valence-electron chi connectivity index (χ3n) is 4.72. The number of nitrogens with one attached hydrogen (secondary N) is 1. The fourth-order valence-electron chi connectivity index (χ4n) is 3.38. The molecule has 0 aromatic heterocycles. The number of benzene rings is 2. The normalized spacial score (nSPS) is 17.9. The van der Waals surface area contributed by atoms with E-state index in [1.165, 1.54) is 6.92 Å². The molecule has 0 saturated carbocycles. The molecular weight excluding hydrogens is 405 g/mol. The molecule has 28 heavy (non-hydrogen) atoms. The van der Waals surface area contributed by atoms with E-state index in [9.17, 15) is 14.4 Å². The minimum absolute atomic E-state index is 0.0141. The number of amides is 1. The van der Waals surface area contributed by atoms with Crippen LogP contribution in [0.2, 0.25) is 10.0 Å². The Bertz CT molecular complexity index is 987. The Morgan fingerprint density at radius 3 is 2.43 bits per heavy atom. The summed E-state index contributed by atoms with van der Waals surface area (Å²) in [6.07, 6.45) is 0.362. The molecule has 0 unspecified atom stereocenters. The first-order chi connectivity index (χ1) is 13.1. The number of ether oxygens (including phenoxy) is 1. The lowest BCUT2D eigenvalue weighted by atomic mass is 9.79.